The summed E-state index contributed by atoms with van der Waals surface area (Å²) in [5.41, 5.74) is 20.2. The zero-order valence-corrected chi connectivity index (χ0v) is 42.8. The normalized spacial score (nSPS) is 13.8. The van der Waals surface area contributed by atoms with Crippen molar-refractivity contribution in [3.63, 3.8) is 0 Å². The first-order valence-corrected chi connectivity index (χ1v) is 27.2. The molecule has 15 rings (SSSR count). The zero-order chi connectivity index (χ0) is 51.0. The summed E-state index contributed by atoms with van der Waals surface area (Å²) in [5.74, 6) is 0. The molecular weight excluding hydrogens is 953 g/mol. The van der Waals surface area contributed by atoms with Crippen LogP contribution in [0.2, 0.25) is 0 Å². The molecule has 0 saturated heterocycles. The summed E-state index contributed by atoms with van der Waals surface area (Å²) in [6.07, 6.45) is 5.60. The van der Waals surface area contributed by atoms with Gasteiger partial charge in [0.1, 0.15) is 0 Å². The number of rotatable bonds is 8. The van der Waals surface area contributed by atoms with Gasteiger partial charge < -0.3 is 14.7 Å². The van der Waals surface area contributed by atoms with Crippen molar-refractivity contribution in [3.8, 4) is 28.3 Å². The van der Waals surface area contributed by atoms with Gasteiger partial charge in [-0.05, 0) is 159 Å². The summed E-state index contributed by atoms with van der Waals surface area (Å²) in [6.45, 7) is 0. The number of nitrogens with zero attached hydrogens (tertiary/aromatic N) is 4. The van der Waals surface area contributed by atoms with Gasteiger partial charge >= 0.3 is 0 Å². The smallest absolute Gasteiger partial charge is 0.0947 e. The van der Waals surface area contributed by atoms with Crippen molar-refractivity contribution in [1.82, 2.24) is 0 Å². The average molecular weight is 1000 g/mol. The average Bonchev–Trinajstić information content (AvgIpc) is 4.28. The maximum absolute atomic E-state index is 9.84. The first-order valence-electron chi connectivity index (χ1n) is 26.4. The third-order valence-electron chi connectivity index (χ3n) is 16.1. The summed E-state index contributed by atoms with van der Waals surface area (Å²) in [4.78, 5) is 7.36. The van der Waals surface area contributed by atoms with Gasteiger partial charge in [0.2, 0.25) is 0 Å². The second-order valence-electron chi connectivity index (χ2n) is 20.2. The van der Waals surface area contributed by atoms with Crippen LogP contribution in [-0.4, -0.2) is 0 Å². The van der Waals surface area contributed by atoms with Gasteiger partial charge in [-0.1, -0.05) is 176 Å². The van der Waals surface area contributed by atoms with Crippen LogP contribution in [0.1, 0.15) is 35.1 Å². The molecule has 362 valence electrons. The van der Waals surface area contributed by atoms with Gasteiger partial charge in [0.15, 0.2) is 0 Å². The van der Waals surface area contributed by atoms with Gasteiger partial charge in [-0.3, -0.25) is 0 Å². The highest BCUT2D eigenvalue weighted by molar-refractivity contribution is 7.26. The molecule has 0 amide bonds. The monoisotopic (exact) mass is 1000 g/mol. The van der Waals surface area contributed by atoms with Crippen molar-refractivity contribution >= 4 is 87.8 Å². The van der Waals surface area contributed by atoms with E-state index in [2.05, 4.69) is 282 Å². The molecule has 0 fully saturated rings. The van der Waals surface area contributed by atoms with Crippen LogP contribution in [-0.2, 0) is 5.41 Å². The van der Waals surface area contributed by atoms with E-state index in [1.807, 2.05) is 17.4 Å². The van der Waals surface area contributed by atoms with Crippen molar-refractivity contribution in [2.75, 3.05) is 14.7 Å². The van der Waals surface area contributed by atoms with Gasteiger partial charge in [-0.25, -0.2) is 0 Å². The third-order valence-corrected chi connectivity index (χ3v) is 17.3. The lowest BCUT2D eigenvalue weighted by Gasteiger charge is -2.45. The first kappa shape index (κ1) is 44.7. The van der Waals surface area contributed by atoms with E-state index in [9.17, 15) is 5.26 Å². The van der Waals surface area contributed by atoms with Crippen molar-refractivity contribution in [2.45, 2.75) is 18.3 Å². The topological polar surface area (TPSA) is 33.5 Å². The quantitative estimate of drug-likeness (QED) is 0.152. The minimum atomic E-state index is -0.616. The standard InChI is InChI=1S/C72H48N4S/c73-47-48-32-35-54(36-33-48)75(53-24-8-3-9-25-53)68-43-41-58(50-19-4-1-5-20-50)70-61-40-38-57(46-69(61)77-71(68)70)74(52-22-6-2-7-23-52)56-39-42-67-65(45-56)72(62-28-14-12-26-59(62)60-27-13-15-29-63(60)72)64-30-16-17-31-66(64)76(67)55-37-34-49-18-10-11-21-51(49)44-55/h1-32,34-35,37-46H,33,36H2. The molecule has 12 aromatic rings. The highest BCUT2D eigenvalue weighted by Gasteiger charge is 2.52. The summed E-state index contributed by atoms with van der Waals surface area (Å²) in [7, 11) is 0. The van der Waals surface area contributed by atoms with E-state index in [0.29, 0.717) is 6.42 Å². The molecule has 0 N–H and O–H groups in total. The lowest BCUT2D eigenvalue weighted by Crippen LogP contribution is -2.36. The van der Waals surface area contributed by atoms with E-state index in [1.165, 1.54) is 81.1 Å². The Bertz CT molecular complexity index is 4390. The molecule has 1 spiro atoms. The van der Waals surface area contributed by atoms with Crippen LogP contribution in [0.25, 0.3) is 53.2 Å². The zero-order valence-electron chi connectivity index (χ0n) is 42.0. The van der Waals surface area contributed by atoms with Crippen LogP contribution in [0.5, 0.6) is 0 Å². The van der Waals surface area contributed by atoms with Crippen LogP contribution in [0.15, 0.2) is 278 Å². The largest absolute Gasteiger partial charge is 0.313 e. The van der Waals surface area contributed by atoms with Crippen LogP contribution in [0.4, 0.5) is 45.5 Å². The van der Waals surface area contributed by atoms with Gasteiger partial charge in [0.25, 0.3) is 0 Å². The summed E-state index contributed by atoms with van der Waals surface area (Å²) >= 11 is 1.85. The Labute approximate surface area is 452 Å². The van der Waals surface area contributed by atoms with Crippen LogP contribution >= 0.6 is 11.3 Å². The van der Waals surface area contributed by atoms with Crippen LogP contribution in [0.3, 0.4) is 0 Å². The van der Waals surface area contributed by atoms with Crippen molar-refractivity contribution in [1.29, 1.82) is 5.26 Å². The second kappa shape index (κ2) is 18.0. The molecule has 1 aliphatic heterocycles. The number of benzene rings is 11. The molecule has 0 radical (unpaired) electrons. The lowest BCUT2D eigenvalue weighted by atomic mass is 9.64. The summed E-state index contributed by atoms with van der Waals surface area (Å²) in [5, 5.41) is 14.7. The molecule has 0 bridgehead atoms. The van der Waals surface area contributed by atoms with E-state index in [-0.39, 0.29) is 0 Å². The van der Waals surface area contributed by atoms with Gasteiger partial charge in [-0.15, -0.1) is 11.3 Å². The van der Waals surface area contributed by atoms with E-state index in [0.717, 1.165) is 57.5 Å². The molecule has 5 heteroatoms. The summed E-state index contributed by atoms with van der Waals surface area (Å²) < 4.78 is 2.41. The van der Waals surface area contributed by atoms with Gasteiger partial charge in [0.05, 0.1) is 33.2 Å². The molecule has 2 aliphatic carbocycles. The Hall–Kier alpha value is -9.73. The predicted octanol–water partition coefficient (Wildman–Crippen LogP) is 19.8. The molecule has 4 nitrogen and oxygen atoms in total. The van der Waals surface area contributed by atoms with Crippen LogP contribution < -0.4 is 14.7 Å². The highest BCUT2D eigenvalue weighted by atomic mass is 32.1. The van der Waals surface area contributed by atoms with Gasteiger partial charge in [-0.2, -0.15) is 5.26 Å². The minimum absolute atomic E-state index is 0.616. The molecule has 77 heavy (non-hydrogen) atoms. The number of allylic oxidation sites excluding steroid dienone is 4. The van der Waals surface area contributed by atoms with Crippen LogP contribution in [0, 0.1) is 11.3 Å². The number of hydrogen-bond donors (Lipinski definition) is 0. The Morgan fingerprint density at radius 3 is 1.77 bits per heavy atom. The number of nitriles is 1. The highest BCUT2D eigenvalue weighted by Crippen LogP contribution is 2.64. The number of thiophene rings is 1. The van der Waals surface area contributed by atoms with E-state index < -0.39 is 5.41 Å². The molecule has 0 unspecified atom stereocenters. The van der Waals surface area contributed by atoms with E-state index >= 15 is 0 Å². The van der Waals surface area contributed by atoms with E-state index in [1.54, 1.807) is 0 Å². The lowest BCUT2D eigenvalue weighted by molar-refractivity contribution is 0.752. The molecule has 11 aromatic carbocycles. The molecule has 0 saturated carbocycles. The Morgan fingerprint density at radius 1 is 0.442 bits per heavy atom. The minimum Gasteiger partial charge on any atom is -0.313 e. The number of para-hydroxylation sites is 3. The number of hydrogen-bond acceptors (Lipinski definition) is 5. The third kappa shape index (κ3) is 6.96. The first-order chi connectivity index (χ1) is 38.2. The summed E-state index contributed by atoms with van der Waals surface area (Å²) in [6, 6.07) is 96.4. The molecular formula is C72H48N4S. The fourth-order valence-electron chi connectivity index (χ4n) is 12.8. The SMILES string of the molecule is N#CC1=CC=C(N(c2ccccc2)c2ccc(-c3ccccc3)c3c2sc2cc(N(c4ccccc4)c4ccc5c(c4)C4(c6ccccc6-c6ccccc64)c4ccccc4N5c4ccc5ccccc5c4)ccc23)CC1. The molecule has 0 atom stereocenters. The van der Waals surface area contributed by atoms with E-state index in [4.69, 9.17) is 0 Å². The fraction of sp³-hybridized carbons (Fsp3) is 0.0417. The number of fused-ring (bicyclic) bond motifs is 13. The molecule has 2 heterocycles. The maximum Gasteiger partial charge on any atom is 0.0947 e. The van der Waals surface area contributed by atoms with Crippen molar-refractivity contribution in [3.05, 3.63) is 300 Å². The molecule has 3 aliphatic rings. The maximum atomic E-state index is 9.84. The van der Waals surface area contributed by atoms with Gasteiger partial charge in [0, 0.05) is 55.2 Å². The molecule has 1 aromatic heterocycles. The Balaban J connectivity index is 0.974. The number of anilines is 8. The fourth-order valence-corrected chi connectivity index (χ4v) is 14.1. The Morgan fingerprint density at radius 2 is 1.05 bits per heavy atom. The van der Waals surface area contributed by atoms with Crippen molar-refractivity contribution in [2.24, 2.45) is 0 Å². The van der Waals surface area contributed by atoms with Crippen molar-refractivity contribution < 1.29 is 0 Å². The predicted molar refractivity (Wildman–Crippen MR) is 322 cm³/mol. The second-order valence-corrected chi connectivity index (χ2v) is 21.3. The Kier molecular flexibility index (Phi) is 10.5.